The molecular weight excluding hydrogens is 322 g/mol. The number of rotatable bonds is 5. The molecule has 5 heteroatoms. The first-order valence-electron chi connectivity index (χ1n) is 8.54. The quantitative estimate of drug-likeness (QED) is 0.660. The second-order valence-corrected chi connectivity index (χ2v) is 6.40. The molecule has 5 nitrogen and oxygen atoms in total. The van der Waals surface area contributed by atoms with E-state index in [1.165, 1.54) is 5.56 Å². The Morgan fingerprint density at radius 3 is 2.54 bits per heavy atom. The van der Waals surface area contributed by atoms with Gasteiger partial charge in [0.05, 0.1) is 11.6 Å². The van der Waals surface area contributed by atoms with Crippen LogP contribution in [-0.4, -0.2) is 9.97 Å². The van der Waals surface area contributed by atoms with Crippen LogP contribution in [0.25, 0.3) is 0 Å². The smallest absolute Gasteiger partial charge is 0.229 e. The SMILES string of the molecule is Cc1cc(Nc2cccc(C#N)c2)nc(Nc2ccccc2C(C)C)n1. The molecule has 0 atom stereocenters. The van der Waals surface area contributed by atoms with Gasteiger partial charge >= 0.3 is 0 Å². The fourth-order valence-electron chi connectivity index (χ4n) is 2.74. The predicted molar refractivity (Wildman–Crippen MR) is 105 cm³/mol. The van der Waals surface area contributed by atoms with E-state index in [1.807, 2.05) is 43.3 Å². The van der Waals surface area contributed by atoms with Gasteiger partial charge in [-0.05, 0) is 42.7 Å². The van der Waals surface area contributed by atoms with Crippen molar-refractivity contribution >= 4 is 23.1 Å². The van der Waals surface area contributed by atoms with Crippen LogP contribution in [0.5, 0.6) is 0 Å². The molecule has 26 heavy (non-hydrogen) atoms. The molecule has 1 heterocycles. The molecule has 2 aromatic carbocycles. The van der Waals surface area contributed by atoms with Crippen LogP contribution in [-0.2, 0) is 0 Å². The maximum Gasteiger partial charge on any atom is 0.229 e. The third-order valence-corrected chi connectivity index (χ3v) is 3.95. The Morgan fingerprint density at radius 1 is 0.962 bits per heavy atom. The number of para-hydroxylation sites is 1. The molecule has 3 aromatic rings. The number of benzene rings is 2. The number of anilines is 4. The highest BCUT2D eigenvalue weighted by atomic mass is 15.1. The molecule has 0 saturated carbocycles. The molecule has 0 saturated heterocycles. The van der Waals surface area contributed by atoms with Crippen molar-refractivity contribution in [3.8, 4) is 6.07 Å². The molecule has 0 bridgehead atoms. The summed E-state index contributed by atoms with van der Waals surface area (Å²) in [5, 5.41) is 15.6. The Bertz CT molecular complexity index is 957. The standard InChI is InChI=1S/C21H21N5/c1-14(2)18-9-4-5-10-19(18)25-21-23-15(3)11-20(26-21)24-17-8-6-7-16(12-17)13-22/h4-12,14H,1-3H3,(H2,23,24,25,26). The number of nitrogens with one attached hydrogen (secondary N) is 2. The number of hydrogen-bond donors (Lipinski definition) is 2. The number of hydrogen-bond acceptors (Lipinski definition) is 5. The van der Waals surface area contributed by atoms with Crippen LogP contribution in [0, 0.1) is 18.3 Å². The first-order valence-corrected chi connectivity index (χ1v) is 8.54. The summed E-state index contributed by atoms with van der Waals surface area (Å²) in [6, 6.07) is 19.5. The highest BCUT2D eigenvalue weighted by Gasteiger charge is 2.09. The summed E-state index contributed by atoms with van der Waals surface area (Å²) in [5.74, 6) is 1.61. The highest BCUT2D eigenvalue weighted by molar-refractivity contribution is 5.63. The zero-order valence-corrected chi connectivity index (χ0v) is 15.1. The van der Waals surface area contributed by atoms with Crippen molar-refractivity contribution in [2.45, 2.75) is 26.7 Å². The molecule has 0 spiro atoms. The minimum Gasteiger partial charge on any atom is -0.340 e. The van der Waals surface area contributed by atoms with Crippen molar-refractivity contribution in [2.24, 2.45) is 0 Å². The van der Waals surface area contributed by atoms with E-state index in [9.17, 15) is 0 Å². The van der Waals surface area contributed by atoms with Gasteiger partial charge in [-0.25, -0.2) is 4.98 Å². The molecular formula is C21H21N5. The zero-order chi connectivity index (χ0) is 18.5. The second-order valence-electron chi connectivity index (χ2n) is 6.40. The molecule has 0 aliphatic rings. The summed E-state index contributed by atoms with van der Waals surface area (Å²) in [4.78, 5) is 9.05. The largest absolute Gasteiger partial charge is 0.340 e. The van der Waals surface area contributed by atoms with Crippen molar-refractivity contribution in [3.63, 3.8) is 0 Å². The van der Waals surface area contributed by atoms with Gasteiger partial charge in [0, 0.05) is 23.1 Å². The molecule has 0 amide bonds. The van der Waals surface area contributed by atoms with Crippen molar-refractivity contribution in [1.29, 1.82) is 5.26 Å². The van der Waals surface area contributed by atoms with E-state index < -0.39 is 0 Å². The van der Waals surface area contributed by atoms with Gasteiger partial charge in [-0.15, -0.1) is 0 Å². The molecule has 0 aliphatic heterocycles. The molecule has 0 fully saturated rings. The Labute approximate surface area is 153 Å². The topological polar surface area (TPSA) is 73.6 Å². The Morgan fingerprint density at radius 2 is 1.77 bits per heavy atom. The summed E-state index contributed by atoms with van der Waals surface area (Å²) in [6.07, 6.45) is 0. The summed E-state index contributed by atoms with van der Waals surface area (Å²) in [7, 11) is 0. The van der Waals surface area contributed by atoms with Crippen LogP contribution in [0.3, 0.4) is 0 Å². The lowest BCUT2D eigenvalue weighted by atomic mass is 10.0. The van der Waals surface area contributed by atoms with Crippen LogP contribution in [0.2, 0.25) is 0 Å². The third kappa shape index (κ3) is 4.17. The zero-order valence-electron chi connectivity index (χ0n) is 15.1. The Balaban J connectivity index is 1.88. The van der Waals surface area contributed by atoms with E-state index >= 15 is 0 Å². The third-order valence-electron chi connectivity index (χ3n) is 3.95. The monoisotopic (exact) mass is 343 g/mol. The summed E-state index contributed by atoms with van der Waals surface area (Å²) < 4.78 is 0. The predicted octanol–water partition coefficient (Wildman–Crippen LogP) is 5.27. The van der Waals surface area contributed by atoms with Crippen molar-refractivity contribution in [3.05, 3.63) is 71.4 Å². The van der Waals surface area contributed by atoms with Gasteiger partial charge in [0.25, 0.3) is 0 Å². The first kappa shape index (κ1) is 17.4. The van der Waals surface area contributed by atoms with Gasteiger partial charge < -0.3 is 10.6 Å². The number of aromatic nitrogens is 2. The van der Waals surface area contributed by atoms with E-state index in [0.29, 0.717) is 23.2 Å². The molecule has 0 radical (unpaired) electrons. The molecule has 3 rings (SSSR count). The van der Waals surface area contributed by atoms with Crippen LogP contribution in [0.15, 0.2) is 54.6 Å². The van der Waals surface area contributed by atoms with Crippen molar-refractivity contribution in [1.82, 2.24) is 9.97 Å². The Kier molecular flexibility index (Phi) is 5.14. The van der Waals surface area contributed by atoms with Gasteiger partial charge in [-0.2, -0.15) is 10.2 Å². The maximum atomic E-state index is 9.04. The fraction of sp³-hybridized carbons (Fsp3) is 0.190. The van der Waals surface area contributed by atoms with E-state index in [0.717, 1.165) is 17.1 Å². The maximum absolute atomic E-state index is 9.04. The average Bonchev–Trinajstić information content (AvgIpc) is 2.61. The summed E-state index contributed by atoms with van der Waals surface area (Å²) in [6.45, 7) is 6.25. The average molecular weight is 343 g/mol. The van der Waals surface area contributed by atoms with Crippen LogP contribution in [0.1, 0.15) is 36.6 Å². The lowest BCUT2D eigenvalue weighted by Crippen LogP contribution is -2.04. The number of aryl methyl sites for hydroxylation is 1. The van der Waals surface area contributed by atoms with Gasteiger partial charge in [0.2, 0.25) is 5.95 Å². The minimum absolute atomic E-state index is 0.398. The number of nitrogens with zero attached hydrogens (tertiary/aromatic N) is 3. The lowest BCUT2D eigenvalue weighted by Gasteiger charge is -2.14. The van der Waals surface area contributed by atoms with E-state index in [2.05, 4.69) is 46.6 Å². The molecule has 130 valence electrons. The van der Waals surface area contributed by atoms with E-state index in [4.69, 9.17) is 5.26 Å². The van der Waals surface area contributed by atoms with Gasteiger partial charge in [-0.3, -0.25) is 0 Å². The molecule has 1 aromatic heterocycles. The lowest BCUT2D eigenvalue weighted by molar-refractivity contribution is 0.868. The second kappa shape index (κ2) is 7.66. The molecule has 0 unspecified atom stereocenters. The van der Waals surface area contributed by atoms with Crippen molar-refractivity contribution in [2.75, 3.05) is 10.6 Å². The van der Waals surface area contributed by atoms with Gasteiger partial charge in [0.1, 0.15) is 5.82 Å². The van der Waals surface area contributed by atoms with Gasteiger partial charge in [0.15, 0.2) is 0 Å². The van der Waals surface area contributed by atoms with Crippen LogP contribution < -0.4 is 10.6 Å². The summed E-state index contributed by atoms with van der Waals surface area (Å²) in [5.41, 5.74) is 4.49. The normalized spacial score (nSPS) is 10.4. The molecule has 0 aliphatic carbocycles. The number of nitriles is 1. The van der Waals surface area contributed by atoms with E-state index in [-0.39, 0.29) is 0 Å². The van der Waals surface area contributed by atoms with Crippen molar-refractivity contribution < 1.29 is 0 Å². The van der Waals surface area contributed by atoms with Crippen LogP contribution in [0.4, 0.5) is 23.1 Å². The fourth-order valence-corrected chi connectivity index (χ4v) is 2.74. The van der Waals surface area contributed by atoms with Gasteiger partial charge in [-0.1, -0.05) is 38.1 Å². The Hall–Kier alpha value is -3.39. The summed E-state index contributed by atoms with van der Waals surface area (Å²) >= 11 is 0. The first-order chi connectivity index (χ1) is 12.5. The van der Waals surface area contributed by atoms with Crippen LogP contribution >= 0.6 is 0 Å². The minimum atomic E-state index is 0.398. The molecule has 2 N–H and O–H groups in total. The highest BCUT2D eigenvalue weighted by Crippen LogP contribution is 2.26. The van der Waals surface area contributed by atoms with E-state index in [1.54, 1.807) is 12.1 Å².